The van der Waals surface area contributed by atoms with Gasteiger partial charge in [-0.3, -0.25) is 0 Å². The molecule has 0 amide bonds. The van der Waals surface area contributed by atoms with Crippen LogP contribution in [0.3, 0.4) is 0 Å². The Bertz CT molecular complexity index is 311. The molecule has 0 fully saturated rings. The van der Waals surface area contributed by atoms with Crippen molar-refractivity contribution in [2.45, 2.75) is 38.3 Å². The first kappa shape index (κ1) is 14.0. The molecule has 0 aromatic heterocycles. The van der Waals surface area contributed by atoms with E-state index in [1.165, 1.54) is 5.56 Å². The van der Waals surface area contributed by atoms with Crippen molar-refractivity contribution in [3.63, 3.8) is 0 Å². The molecule has 0 radical (unpaired) electrons. The van der Waals surface area contributed by atoms with Crippen LogP contribution in [-0.2, 0) is 11.2 Å². The standard InChI is InChI=1S/C14H23NO2/c1-11(16-2)10-13(15)7-4-12-5-8-14(17-3)9-6-12/h5-6,8-9,11,13H,4,7,10,15H2,1-3H3. The first-order valence-electron chi connectivity index (χ1n) is 6.07. The van der Waals surface area contributed by atoms with Crippen LogP contribution >= 0.6 is 0 Å². The normalized spacial score (nSPS) is 14.4. The molecule has 0 saturated heterocycles. The number of hydrogen-bond acceptors (Lipinski definition) is 3. The van der Waals surface area contributed by atoms with Crippen molar-refractivity contribution in [2.24, 2.45) is 5.73 Å². The van der Waals surface area contributed by atoms with E-state index in [0.29, 0.717) is 0 Å². The van der Waals surface area contributed by atoms with E-state index in [4.69, 9.17) is 15.2 Å². The molecule has 0 aliphatic carbocycles. The molecule has 3 heteroatoms. The van der Waals surface area contributed by atoms with Gasteiger partial charge in [-0.25, -0.2) is 0 Å². The van der Waals surface area contributed by atoms with Gasteiger partial charge >= 0.3 is 0 Å². The van der Waals surface area contributed by atoms with Crippen LogP contribution in [0.1, 0.15) is 25.3 Å². The van der Waals surface area contributed by atoms with Crippen molar-refractivity contribution in [3.8, 4) is 5.75 Å². The van der Waals surface area contributed by atoms with Crippen molar-refractivity contribution in [1.29, 1.82) is 0 Å². The highest BCUT2D eigenvalue weighted by molar-refractivity contribution is 5.27. The predicted molar refractivity (Wildman–Crippen MR) is 70.4 cm³/mol. The lowest BCUT2D eigenvalue weighted by Gasteiger charge is -2.16. The molecule has 0 aliphatic heterocycles. The SMILES string of the molecule is COc1ccc(CCC(N)CC(C)OC)cc1. The summed E-state index contributed by atoms with van der Waals surface area (Å²) >= 11 is 0. The largest absolute Gasteiger partial charge is 0.497 e. The molecule has 17 heavy (non-hydrogen) atoms. The summed E-state index contributed by atoms with van der Waals surface area (Å²) in [6, 6.07) is 8.35. The second kappa shape index (κ2) is 7.30. The second-order valence-corrected chi connectivity index (χ2v) is 4.43. The minimum absolute atomic E-state index is 0.201. The minimum atomic E-state index is 0.201. The molecular formula is C14H23NO2. The Hall–Kier alpha value is -1.06. The Balaban J connectivity index is 2.34. The molecule has 2 N–H and O–H groups in total. The van der Waals surface area contributed by atoms with Gasteiger partial charge in [0, 0.05) is 13.2 Å². The molecule has 2 unspecified atom stereocenters. The van der Waals surface area contributed by atoms with E-state index in [2.05, 4.69) is 12.1 Å². The maximum atomic E-state index is 6.05. The molecule has 1 aromatic carbocycles. The molecule has 3 nitrogen and oxygen atoms in total. The lowest BCUT2D eigenvalue weighted by Crippen LogP contribution is -2.26. The smallest absolute Gasteiger partial charge is 0.118 e. The number of methoxy groups -OCH3 is 2. The van der Waals surface area contributed by atoms with Crippen LogP contribution in [0.4, 0.5) is 0 Å². The maximum Gasteiger partial charge on any atom is 0.118 e. The fourth-order valence-corrected chi connectivity index (χ4v) is 1.78. The highest BCUT2D eigenvalue weighted by Gasteiger charge is 2.08. The summed E-state index contributed by atoms with van der Waals surface area (Å²) in [6.07, 6.45) is 3.13. The van der Waals surface area contributed by atoms with Gasteiger partial charge in [0.25, 0.3) is 0 Å². The predicted octanol–water partition coefficient (Wildman–Crippen LogP) is 2.38. The van der Waals surface area contributed by atoms with Crippen molar-refractivity contribution in [1.82, 2.24) is 0 Å². The minimum Gasteiger partial charge on any atom is -0.497 e. The maximum absolute atomic E-state index is 6.05. The zero-order valence-electron chi connectivity index (χ0n) is 11.0. The Labute approximate surface area is 104 Å². The first-order chi connectivity index (χ1) is 8.15. The quantitative estimate of drug-likeness (QED) is 0.792. The Kier molecular flexibility index (Phi) is 6.01. The topological polar surface area (TPSA) is 44.5 Å². The van der Waals surface area contributed by atoms with Gasteiger partial charge < -0.3 is 15.2 Å². The molecule has 0 bridgehead atoms. The number of benzene rings is 1. The van der Waals surface area contributed by atoms with Crippen molar-refractivity contribution in [3.05, 3.63) is 29.8 Å². The number of rotatable bonds is 7. The van der Waals surface area contributed by atoms with E-state index >= 15 is 0 Å². The first-order valence-corrected chi connectivity index (χ1v) is 6.07. The van der Waals surface area contributed by atoms with Crippen molar-refractivity contribution < 1.29 is 9.47 Å². The molecular weight excluding hydrogens is 214 g/mol. The molecule has 0 aliphatic rings. The van der Waals surface area contributed by atoms with Crippen molar-refractivity contribution in [2.75, 3.05) is 14.2 Å². The van der Waals surface area contributed by atoms with Crippen molar-refractivity contribution >= 4 is 0 Å². The lowest BCUT2D eigenvalue weighted by molar-refractivity contribution is 0.104. The Morgan fingerprint density at radius 2 is 1.82 bits per heavy atom. The van der Waals surface area contributed by atoms with Gasteiger partial charge in [0.15, 0.2) is 0 Å². The second-order valence-electron chi connectivity index (χ2n) is 4.43. The van der Waals surface area contributed by atoms with E-state index in [1.807, 2.05) is 19.1 Å². The fraction of sp³-hybridized carbons (Fsp3) is 0.571. The van der Waals surface area contributed by atoms with E-state index in [-0.39, 0.29) is 12.1 Å². The fourth-order valence-electron chi connectivity index (χ4n) is 1.78. The number of hydrogen-bond donors (Lipinski definition) is 1. The van der Waals surface area contributed by atoms with Gasteiger partial charge in [0.05, 0.1) is 13.2 Å². The zero-order chi connectivity index (χ0) is 12.7. The van der Waals surface area contributed by atoms with Crippen LogP contribution in [0.5, 0.6) is 5.75 Å². The third-order valence-corrected chi connectivity index (χ3v) is 3.00. The van der Waals surface area contributed by atoms with Crippen LogP contribution in [0, 0.1) is 0 Å². The van der Waals surface area contributed by atoms with Gasteiger partial charge in [-0.05, 0) is 43.9 Å². The average molecular weight is 237 g/mol. The third-order valence-electron chi connectivity index (χ3n) is 3.00. The Morgan fingerprint density at radius 1 is 1.18 bits per heavy atom. The number of aryl methyl sites for hydroxylation is 1. The molecule has 1 aromatic rings. The van der Waals surface area contributed by atoms with E-state index in [1.54, 1.807) is 14.2 Å². The summed E-state index contributed by atoms with van der Waals surface area (Å²) in [5.74, 6) is 0.894. The van der Waals surface area contributed by atoms with Crippen LogP contribution in [0.2, 0.25) is 0 Å². The van der Waals surface area contributed by atoms with E-state index in [0.717, 1.165) is 25.0 Å². The summed E-state index contributed by atoms with van der Waals surface area (Å²) in [4.78, 5) is 0. The molecule has 96 valence electrons. The summed E-state index contributed by atoms with van der Waals surface area (Å²) < 4.78 is 10.3. The molecule has 2 atom stereocenters. The highest BCUT2D eigenvalue weighted by Crippen LogP contribution is 2.14. The van der Waals surface area contributed by atoms with Crippen LogP contribution in [0.15, 0.2) is 24.3 Å². The molecule has 0 heterocycles. The molecule has 1 rings (SSSR count). The van der Waals surface area contributed by atoms with E-state index < -0.39 is 0 Å². The van der Waals surface area contributed by atoms with Gasteiger partial charge in [-0.15, -0.1) is 0 Å². The summed E-state index contributed by atoms with van der Waals surface area (Å²) in [6.45, 7) is 2.05. The molecule has 0 spiro atoms. The van der Waals surface area contributed by atoms with Crippen LogP contribution in [-0.4, -0.2) is 26.4 Å². The Morgan fingerprint density at radius 3 is 2.35 bits per heavy atom. The van der Waals surface area contributed by atoms with Crippen LogP contribution < -0.4 is 10.5 Å². The van der Waals surface area contributed by atoms with Gasteiger partial charge in [0.1, 0.15) is 5.75 Å². The summed E-state index contributed by atoms with van der Waals surface area (Å²) in [5.41, 5.74) is 7.35. The highest BCUT2D eigenvalue weighted by atomic mass is 16.5. The van der Waals surface area contributed by atoms with E-state index in [9.17, 15) is 0 Å². The zero-order valence-corrected chi connectivity index (χ0v) is 11.0. The third kappa shape index (κ3) is 5.20. The number of nitrogens with two attached hydrogens (primary N) is 1. The average Bonchev–Trinajstić information content (AvgIpc) is 2.36. The van der Waals surface area contributed by atoms with Crippen LogP contribution in [0.25, 0.3) is 0 Å². The van der Waals surface area contributed by atoms with Gasteiger partial charge in [-0.2, -0.15) is 0 Å². The van der Waals surface area contributed by atoms with Gasteiger partial charge in [0.2, 0.25) is 0 Å². The summed E-state index contributed by atoms with van der Waals surface area (Å²) in [7, 11) is 3.40. The monoisotopic (exact) mass is 237 g/mol. The number of ether oxygens (including phenoxy) is 2. The summed E-state index contributed by atoms with van der Waals surface area (Å²) in [5, 5.41) is 0. The molecule has 0 saturated carbocycles. The van der Waals surface area contributed by atoms with Gasteiger partial charge in [-0.1, -0.05) is 12.1 Å². The lowest BCUT2D eigenvalue weighted by atomic mass is 10.0.